The van der Waals surface area contributed by atoms with Gasteiger partial charge >= 0.3 is 5.97 Å². The van der Waals surface area contributed by atoms with Crippen LogP contribution in [-0.4, -0.2) is 39.3 Å². The number of imidazole rings is 1. The van der Waals surface area contributed by atoms with Crippen molar-refractivity contribution in [2.75, 3.05) is 12.4 Å². The summed E-state index contributed by atoms with van der Waals surface area (Å²) in [4.78, 5) is 27.6. The molecule has 1 amide bonds. The molecule has 1 aliphatic rings. The van der Waals surface area contributed by atoms with Crippen LogP contribution in [0.15, 0.2) is 84.9 Å². The van der Waals surface area contributed by atoms with E-state index in [0.29, 0.717) is 41.0 Å². The Morgan fingerprint density at radius 2 is 1.66 bits per heavy atom. The Morgan fingerprint density at radius 1 is 0.955 bits per heavy atom. The molecule has 6 rings (SSSR count). The lowest BCUT2D eigenvalue weighted by Crippen LogP contribution is -2.14. The maximum atomic E-state index is 11.6. The number of hydrogen-bond donors (Lipinski definition) is 3. The van der Waals surface area contributed by atoms with Crippen LogP contribution in [0.4, 0.5) is 5.69 Å². The number of anilines is 1. The molecule has 0 aliphatic heterocycles. The molecule has 1 heterocycles. The highest BCUT2D eigenvalue weighted by Gasteiger charge is 2.23. The summed E-state index contributed by atoms with van der Waals surface area (Å²) in [6.07, 6.45) is 6.39. The van der Waals surface area contributed by atoms with Gasteiger partial charge in [0.2, 0.25) is 6.41 Å². The van der Waals surface area contributed by atoms with Crippen LogP contribution in [-0.2, 0) is 11.4 Å². The maximum Gasteiger partial charge on any atom is 0.335 e. The van der Waals surface area contributed by atoms with Gasteiger partial charge in [0.15, 0.2) is 0 Å². The maximum absolute atomic E-state index is 11.6. The second kappa shape index (κ2) is 14.2. The van der Waals surface area contributed by atoms with E-state index < -0.39 is 5.97 Å². The number of carboxylic acid groups (broad SMARTS) is 1. The average molecular weight is 612 g/mol. The van der Waals surface area contributed by atoms with Gasteiger partial charge in [0.05, 0.1) is 16.6 Å². The van der Waals surface area contributed by atoms with Crippen molar-refractivity contribution in [3.05, 3.63) is 101 Å². The third-order valence-corrected chi connectivity index (χ3v) is 8.12. The molecule has 9 heteroatoms. The van der Waals surface area contributed by atoms with Gasteiger partial charge in [-0.1, -0.05) is 49.1 Å². The Labute approximate surface area is 260 Å². The number of nitrogens with one attached hydrogen (secondary N) is 1. The lowest BCUT2D eigenvalue weighted by Gasteiger charge is -2.25. The van der Waals surface area contributed by atoms with E-state index >= 15 is 0 Å². The smallest absolute Gasteiger partial charge is 0.335 e. The third-order valence-electron chi connectivity index (χ3n) is 7.87. The van der Waals surface area contributed by atoms with Gasteiger partial charge in [0, 0.05) is 29.4 Å². The van der Waals surface area contributed by atoms with Crippen molar-refractivity contribution in [2.24, 2.45) is 0 Å². The van der Waals surface area contributed by atoms with Gasteiger partial charge in [-0.25, -0.2) is 9.78 Å². The monoisotopic (exact) mass is 611 g/mol. The number of ether oxygens (including phenoxy) is 1. The molecule has 0 radical (unpaired) electrons. The lowest BCUT2D eigenvalue weighted by molar-refractivity contribution is -0.105. The SMILES string of the molecule is CO.O=CNc1ccc(-c2ccc(Cl)cc2)c(COc2ccc(-c3nc4cc(C(=O)O)ccc4n3C3CCCCC3)cc2)c1. The van der Waals surface area contributed by atoms with Crippen molar-refractivity contribution < 1.29 is 24.5 Å². The van der Waals surface area contributed by atoms with Crippen molar-refractivity contribution in [2.45, 2.75) is 44.8 Å². The number of benzene rings is 4. The van der Waals surface area contributed by atoms with Crippen molar-refractivity contribution in [1.29, 1.82) is 0 Å². The van der Waals surface area contributed by atoms with E-state index in [1.54, 1.807) is 12.1 Å². The third kappa shape index (κ3) is 6.77. The number of fused-ring (bicyclic) bond motifs is 1. The molecule has 44 heavy (non-hydrogen) atoms. The van der Waals surface area contributed by atoms with Gasteiger partial charge in [-0.15, -0.1) is 0 Å². The average Bonchev–Trinajstić information content (AvgIpc) is 3.45. The Hall–Kier alpha value is -4.66. The highest BCUT2D eigenvalue weighted by Crippen LogP contribution is 2.37. The molecule has 226 valence electrons. The van der Waals surface area contributed by atoms with Crippen molar-refractivity contribution in [1.82, 2.24) is 9.55 Å². The Bertz CT molecular complexity index is 1740. The van der Waals surface area contributed by atoms with Crippen LogP contribution in [0.25, 0.3) is 33.5 Å². The minimum Gasteiger partial charge on any atom is -0.489 e. The normalized spacial score (nSPS) is 13.2. The summed E-state index contributed by atoms with van der Waals surface area (Å²) in [7, 11) is 1.00. The fraction of sp³-hybridized carbons (Fsp3) is 0.229. The Morgan fingerprint density at radius 3 is 2.34 bits per heavy atom. The summed E-state index contributed by atoms with van der Waals surface area (Å²) in [5.74, 6) is 0.575. The van der Waals surface area contributed by atoms with Crippen molar-refractivity contribution in [3.8, 4) is 28.3 Å². The van der Waals surface area contributed by atoms with E-state index in [-0.39, 0.29) is 5.56 Å². The van der Waals surface area contributed by atoms with Crippen LogP contribution in [0.1, 0.15) is 54.1 Å². The summed E-state index contributed by atoms with van der Waals surface area (Å²) in [6, 6.07) is 26.7. The summed E-state index contributed by atoms with van der Waals surface area (Å²) in [5, 5.41) is 19.9. The molecule has 0 bridgehead atoms. The number of aromatic nitrogens is 2. The first-order valence-corrected chi connectivity index (χ1v) is 14.9. The molecule has 1 fully saturated rings. The van der Waals surface area contributed by atoms with E-state index in [0.717, 1.165) is 53.5 Å². The summed E-state index contributed by atoms with van der Waals surface area (Å²) in [6.45, 7) is 0.296. The van der Waals surface area contributed by atoms with E-state index in [1.165, 1.54) is 19.3 Å². The van der Waals surface area contributed by atoms with Gasteiger partial charge < -0.3 is 24.8 Å². The fourth-order valence-electron chi connectivity index (χ4n) is 5.79. The van der Waals surface area contributed by atoms with Gasteiger partial charge in [-0.05, 0) is 96.3 Å². The number of carbonyl (C=O) groups is 2. The number of aliphatic hydroxyl groups excluding tert-OH is 1. The van der Waals surface area contributed by atoms with Gasteiger partial charge in [-0.3, -0.25) is 4.79 Å². The molecule has 8 nitrogen and oxygen atoms in total. The molecule has 0 saturated heterocycles. The second-order valence-electron chi connectivity index (χ2n) is 10.6. The number of amides is 1. The van der Waals surface area contributed by atoms with Crippen LogP contribution in [0.2, 0.25) is 5.02 Å². The van der Waals surface area contributed by atoms with E-state index in [9.17, 15) is 14.7 Å². The molecular formula is C35H34ClN3O5. The summed E-state index contributed by atoms with van der Waals surface area (Å²) >= 11 is 6.10. The van der Waals surface area contributed by atoms with Crippen LogP contribution in [0.5, 0.6) is 5.75 Å². The van der Waals surface area contributed by atoms with E-state index in [1.807, 2.05) is 72.8 Å². The lowest BCUT2D eigenvalue weighted by atomic mass is 9.95. The van der Waals surface area contributed by atoms with Gasteiger partial charge in [0.25, 0.3) is 0 Å². The first kappa shape index (κ1) is 30.8. The highest BCUT2D eigenvalue weighted by atomic mass is 35.5. The topological polar surface area (TPSA) is 114 Å². The fourth-order valence-corrected chi connectivity index (χ4v) is 5.91. The predicted octanol–water partition coefficient (Wildman–Crippen LogP) is 7.98. The first-order chi connectivity index (χ1) is 21.5. The Balaban J connectivity index is 0.00000188. The highest BCUT2D eigenvalue weighted by molar-refractivity contribution is 6.30. The van der Waals surface area contributed by atoms with Gasteiger partial charge in [-0.2, -0.15) is 0 Å². The van der Waals surface area contributed by atoms with Crippen molar-refractivity contribution >= 4 is 40.7 Å². The number of carbonyl (C=O) groups excluding carboxylic acids is 1. The van der Waals surface area contributed by atoms with Crippen LogP contribution >= 0.6 is 11.6 Å². The van der Waals surface area contributed by atoms with Crippen LogP contribution in [0.3, 0.4) is 0 Å². The molecular weight excluding hydrogens is 578 g/mol. The van der Waals surface area contributed by atoms with E-state index in [2.05, 4.69) is 9.88 Å². The van der Waals surface area contributed by atoms with Crippen LogP contribution < -0.4 is 10.1 Å². The largest absolute Gasteiger partial charge is 0.489 e. The molecule has 5 aromatic rings. The molecule has 3 N–H and O–H groups in total. The minimum absolute atomic E-state index is 0.233. The second-order valence-corrected chi connectivity index (χ2v) is 11.0. The number of carboxylic acids is 1. The molecule has 0 unspecified atom stereocenters. The zero-order valence-corrected chi connectivity index (χ0v) is 25.1. The zero-order chi connectivity index (χ0) is 31.1. The molecule has 4 aromatic carbocycles. The molecule has 1 aliphatic carbocycles. The number of nitrogens with zero attached hydrogens (tertiary/aromatic N) is 2. The zero-order valence-electron chi connectivity index (χ0n) is 24.4. The standard InChI is InChI=1S/C34H30ClN3O4.CH4O/c35-26-11-6-22(7-12-26)30-16-13-27(36-21-39)18-25(30)20-42-29-14-8-23(9-15-29)33-37-31-19-24(34(40)41)10-17-32(31)38(33)28-4-2-1-3-5-28;1-2/h6-19,21,28H,1-5,20H2,(H,36,39)(H,40,41);2H,1H3. The van der Waals surface area contributed by atoms with Crippen molar-refractivity contribution in [3.63, 3.8) is 0 Å². The number of aromatic carboxylic acids is 1. The quantitative estimate of drug-likeness (QED) is 0.146. The predicted molar refractivity (Wildman–Crippen MR) is 173 cm³/mol. The number of halogens is 1. The Kier molecular flexibility index (Phi) is 9.94. The number of aliphatic hydroxyl groups is 1. The summed E-state index contributed by atoms with van der Waals surface area (Å²) < 4.78 is 8.51. The number of hydrogen-bond acceptors (Lipinski definition) is 5. The summed E-state index contributed by atoms with van der Waals surface area (Å²) in [5.41, 5.74) is 6.41. The van der Waals surface area contributed by atoms with E-state index in [4.69, 9.17) is 26.4 Å². The molecule has 1 saturated carbocycles. The molecule has 0 spiro atoms. The minimum atomic E-state index is -0.959. The van der Waals surface area contributed by atoms with Crippen LogP contribution in [0, 0.1) is 0 Å². The van der Waals surface area contributed by atoms with Gasteiger partial charge in [0.1, 0.15) is 18.2 Å². The first-order valence-electron chi connectivity index (χ1n) is 14.5. The molecule has 0 atom stereocenters. The molecule has 1 aromatic heterocycles. The number of rotatable bonds is 9.